The van der Waals surface area contributed by atoms with Crippen LogP contribution in [0.1, 0.15) is 15.9 Å². The highest BCUT2D eigenvalue weighted by molar-refractivity contribution is 6.63. The molecule has 0 fully saturated rings. The standard InChI is InChI=1S/C26H20BCl2N3O4/c1-32-13-18(26(27)35)17-10-9-16(12-22(17)32)30-23(33)14-36-24(34)11-15-5-2-3-8-21(15)31-25-19(28)6-4-7-20(25)29/h2-10,12-13,31H,11,14H2,1H3,(H,30,33). The van der Waals surface area contributed by atoms with Crippen LogP contribution in [0.5, 0.6) is 0 Å². The second-order valence-corrected chi connectivity index (χ2v) is 8.83. The van der Waals surface area contributed by atoms with Crippen molar-refractivity contribution in [2.45, 2.75) is 6.42 Å². The lowest BCUT2D eigenvalue weighted by Crippen LogP contribution is -2.21. The van der Waals surface area contributed by atoms with Gasteiger partial charge in [0, 0.05) is 35.6 Å². The van der Waals surface area contributed by atoms with Crippen molar-refractivity contribution in [3.8, 4) is 0 Å². The topological polar surface area (TPSA) is 89.4 Å². The summed E-state index contributed by atoms with van der Waals surface area (Å²) in [5.41, 5.74) is 2.90. The number of ether oxygens (including phenoxy) is 1. The van der Waals surface area contributed by atoms with Gasteiger partial charge in [-0.05, 0) is 35.9 Å². The first-order chi connectivity index (χ1) is 17.2. The normalized spacial score (nSPS) is 10.8. The quantitative estimate of drug-likeness (QED) is 0.245. The highest BCUT2D eigenvalue weighted by Gasteiger charge is 2.15. The van der Waals surface area contributed by atoms with E-state index >= 15 is 0 Å². The number of halogens is 2. The van der Waals surface area contributed by atoms with E-state index in [1.165, 1.54) is 0 Å². The summed E-state index contributed by atoms with van der Waals surface area (Å²) in [6.07, 6.45) is 1.57. The molecule has 0 unspecified atom stereocenters. The van der Waals surface area contributed by atoms with Crippen LogP contribution >= 0.6 is 23.2 Å². The predicted octanol–water partition coefficient (Wildman–Crippen LogP) is 5.26. The number of rotatable bonds is 8. The van der Waals surface area contributed by atoms with Crippen LogP contribution in [-0.4, -0.2) is 36.6 Å². The molecule has 36 heavy (non-hydrogen) atoms. The van der Waals surface area contributed by atoms with Crippen LogP contribution in [-0.2, 0) is 27.8 Å². The summed E-state index contributed by atoms with van der Waals surface area (Å²) in [4.78, 5) is 36.4. The van der Waals surface area contributed by atoms with E-state index in [-0.39, 0.29) is 6.42 Å². The molecule has 4 rings (SSSR count). The van der Waals surface area contributed by atoms with Crippen molar-refractivity contribution in [2.24, 2.45) is 7.05 Å². The molecule has 1 heterocycles. The van der Waals surface area contributed by atoms with Crippen molar-refractivity contribution in [3.05, 3.63) is 88.0 Å². The Balaban J connectivity index is 1.37. The predicted molar refractivity (Wildman–Crippen MR) is 142 cm³/mol. The SMILES string of the molecule is [B]C(=O)c1cn(C)c2cc(NC(=O)COC(=O)Cc3ccccc3Nc3c(Cl)cccc3Cl)ccc12. The van der Waals surface area contributed by atoms with E-state index in [0.29, 0.717) is 43.6 Å². The van der Waals surface area contributed by atoms with Crippen LogP contribution in [0.25, 0.3) is 10.9 Å². The van der Waals surface area contributed by atoms with Gasteiger partial charge in [0.2, 0.25) is 0 Å². The molecule has 0 saturated carbocycles. The van der Waals surface area contributed by atoms with Gasteiger partial charge in [0.25, 0.3) is 5.91 Å². The zero-order valence-corrected chi connectivity index (χ0v) is 20.7. The first-order valence-electron chi connectivity index (χ1n) is 10.9. The molecule has 10 heteroatoms. The number of carbonyl (C=O) groups excluding carboxylic acids is 3. The van der Waals surface area contributed by atoms with E-state index in [1.54, 1.807) is 72.4 Å². The van der Waals surface area contributed by atoms with Crippen molar-refractivity contribution >= 4 is 76.6 Å². The number of amides is 1. The van der Waals surface area contributed by atoms with Crippen LogP contribution in [0.4, 0.5) is 17.1 Å². The number of benzene rings is 3. The fourth-order valence-electron chi connectivity index (χ4n) is 3.76. The van der Waals surface area contributed by atoms with Gasteiger partial charge in [-0.2, -0.15) is 0 Å². The molecule has 0 saturated heterocycles. The maximum absolute atomic E-state index is 12.5. The van der Waals surface area contributed by atoms with Crippen LogP contribution in [0.3, 0.4) is 0 Å². The number of aryl methyl sites for hydroxylation is 1. The first kappa shape index (κ1) is 25.4. The van der Waals surface area contributed by atoms with Gasteiger partial charge in [0.05, 0.1) is 27.7 Å². The second-order valence-electron chi connectivity index (χ2n) is 8.01. The van der Waals surface area contributed by atoms with Gasteiger partial charge in [-0.3, -0.25) is 9.59 Å². The maximum Gasteiger partial charge on any atom is 0.310 e. The Bertz CT molecular complexity index is 1470. The Kier molecular flexibility index (Phi) is 7.67. The van der Waals surface area contributed by atoms with E-state index in [4.69, 9.17) is 35.8 Å². The second kappa shape index (κ2) is 10.9. The van der Waals surface area contributed by atoms with Crippen LogP contribution < -0.4 is 10.6 Å². The number of aromatic nitrogens is 1. The van der Waals surface area contributed by atoms with Crippen molar-refractivity contribution in [1.29, 1.82) is 0 Å². The fraction of sp³-hybridized carbons (Fsp3) is 0.115. The molecule has 2 N–H and O–H groups in total. The summed E-state index contributed by atoms with van der Waals surface area (Å²) in [5.74, 6) is -1.07. The fourth-order valence-corrected chi connectivity index (χ4v) is 4.25. The van der Waals surface area contributed by atoms with Gasteiger partial charge in [-0.25, -0.2) is 0 Å². The molecule has 0 aliphatic carbocycles. The van der Waals surface area contributed by atoms with Gasteiger partial charge < -0.3 is 24.7 Å². The number of para-hydroxylation sites is 2. The minimum absolute atomic E-state index is 0.0657. The number of hydrogen-bond donors (Lipinski definition) is 2. The molecule has 0 atom stereocenters. The number of esters is 1. The molecule has 0 aliphatic heterocycles. The highest BCUT2D eigenvalue weighted by Crippen LogP contribution is 2.33. The zero-order chi connectivity index (χ0) is 25.8. The molecular formula is C26H20BCl2N3O4. The average molecular weight is 520 g/mol. The molecule has 1 aromatic heterocycles. The van der Waals surface area contributed by atoms with Crippen LogP contribution in [0, 0.1) is 0 Å². The molecule has 0 aliphatic rings. The summed E-state index contributed by atoms with van der Waals surface area (Å²) in [7, 11) is 7.18. The first-order valence-corrected chi connectivity index (χ1v) is 11.6. The van der Waals surface area contributed by atoms with Gasteiger partial charge in [0.15, 0.2) is 14.5 Å². The zero-order valence-electron chi connectivity index (χ0n) is 19.2. The monoisotopic (exact) mass is 519 g/mol. The molecule has 0 spiro atoms. The molecule has 2 radical (unpaired) electrons. The van der Waals surface area contributed by atoms with E-state index in [2.05, 4.69) is 10.6 Å². The maximum atomic E-state index is 12.5. The number of fused-ring (bicyclic) bond motifs is 1. The number of anilines is 3. The minimum Gasteiger partial charge on any atom is -0.455 e. The molecule has 180 valence electrons. The number of nitrogens with one attached hydrogen (secondary N) is 2. The largest absolute Gasteiger partial charge is 0.455 e. The van der Waals surface area contributed by atoms with Crippen molar-refractivity contribution in [2.75, 3.05) is 17.2 Å². The van der Waals surface area contributed by atoms with Gasteiger partial charge in [-0.1, -0.05) is 53.5 Å². The molecule has 1 amide bonds. The Morgan fingerprint density at radius 3 is 2.44 bits per heavy atom. The lowest BCUT2D eigenvalue weighted by molar-refractivity contribution is -0.146. The lowest BCUT2D eigenvalue weighted by atomic mass is 9.94. The van der Waals surface area contributed by atoms with E-state index < -0.39 is 24.2 Å². The number of carbonyl (C=O) groups is 3. The van der Waals surface area contributed by atoms with Gasteiger partial charge in [0.1, 0.15) is 5.68 Å². The van der Waals surface area contributed by atoms with Gasteiger partial charge in [-0.15, -0.1) is 0 Å². The van der Waals surface area contributed by atoms with E-state index in [0.717, 1.165) is 5.52 Å². The molecule has 4 aromatic rings. The third kappa shape index (κ3) is 5.72. The summed E-state index contributed by atoms with van der Waals surface area (Å²) in [5, 5.41) is 7.41. The molecular weight excluding hydrogens is 500 g/mol. The van der Waals surface area contributed by atoms with Crippen LogP contribution in [0.2, 0.25) is 10.0 Å². The smallest absolute Gasteiger partial charge is 0.310 e. The third-order valence-corrected chi connectivity index (χ3v) is 6.11. The van der Waals surface area contributed by atoms with Crippen molar-refractivity contribution in [1.82, 2.24) is 4.57 Å². The Hall–Kier alpha value is -3.75. The minimum atomic E-state index is -0.575. The summed E-state index contributed by atoms with van der Waals surface area (Å²) < 4.78 is 6.92. The highest BCUT2D eigenvalue weighted by atomic mass is 35.5. The van der Waals surface area contributed by atoms with Crippen molar-refractivity contribution in [3.63, 3.8) is 0 Å². The lowest BCUT2D eigenvalue weighted by Gasteiger charge is -2.14. The number of hydrogen-bond acceptors (Lipinski definition) is 5. The summed E-state index contributed by atoms with van der Waals surface area (Å²) >= 11 is 12.5. The molecule has 7 nitrogen and oxygen atoms in total. The van der Waals surface area contributed by atoms with E-state index in [9.17, 15) is 14.4 Å². The average Bonchev–Trinajstić information content (AvgIpc) is 3.17. The van der Waals surface area contributed by atoms with Crippen molar-refractivity contribution < 1.29 is 19.1 Å². The van der Waals surface area contributed by atoms with Gasteiger partial charge >= 0.3 is 5.97 Å². The molecule has 0 bridgehead atoms. The Morgan fingerprint density at radius 1 is 1.00 bits per heavy atom. The van der Waals surface area contributed by atoms with E-state index in [1.807, 2.05) is 6.07 Å². The molecule has 3 aromatic carbocycles. The third-order valence-electron chi connectivity index (χ3n) is 5.48. The Labute approximate surface area is 218 Å². The van der Waals surface area contributed by atoms with Crippen LogP contribution in [0.15, 0.2) is 66.9 Å². The summed E-state index contributed by atoms with van der Waals surface area (Å²) in [6, 6.07) is 17.4. The number of nitrogens with zero attached hydrogens (tertiary/aromatic N) is 1. The Morgan fingerprint density at radius 2 is 1.72 bits per heavy atom. The summed E-state index contributed by atoms with van der Waals surface area (Å²) in [6.45, 7) is -0.456.